The number of nitrogens with one attached hydrogen (secondary N) is 1. The van der Waals surface area contributed by atoms with Crippen LogP contribution in [0.4, 0.5) is 4.39 Å². The van der Waals surface area contributed by atoms with Crippen molar-refractivity contribution < 1.29 is 9.13 Å². The van der Waals surface area contributed by atoms with Gasteiger partial charge in [-0.3, -0.25) is 4.98 Å². The summed E-state index contributed by atoms with van der Waals surface area (Å²) in [6.45, 7) is 2.03. The number of pyridine rings is 1. The van der Waals surface area contributed by atoms with Gasteiger partial charge in [-0.1, -0.05) is 6.07 Å². The molecule has 0 saturated carbocycles. The molecule has 0 radical (unpaired) electrons. The SMILES string of the molecule is CNC(C)c1ccc(F)c(-c2cncc(OC)c2)c1. The molecule has 1 atom stereocenters. The van der Waals surface area contributed by atoms with Gasteiger partial charge in [-0.15, -0.1) is 0 Å². The lowest BCUT2D eigenvalue weighted by molar-refractivity contribution is 0.413. The van der Waals surface area contributed by atoms with Crippen molar-refractivity contribution in [2.24, 2.45) is 0 Å². The number of hydrogen-bond acceptors (Lipinski definition) is 3. The zero-order valence-electron chi connectivity index (χ0n) is 11.3. The van der Waals surface area contributed by atoms with Gasteiger partial charge in [0.2, 0.25) is 0 Å². The maximum absolute atomic E-state index is 14.0. The fraction of sp³-hybridized carbons (Fsp3) is 0.267. The molecule has 1 N–H and O–H groups in total. The van der Waals surface area contributed by atoms with Crippen LogP contribution >= 0.6 is 0 Å². The Hall–Kier alpha value is -1.94. The monoisotopic (exact) mass is 260 g/mol. The highest BCUT2D eigenvalue weighted by Crippen LogP contribution is 2.27. The molecule has 100 valence electrons. The van der Waals surface area contributed by atoms with Gasteiger partial charge in [0.1, 0.15) is 11.6 Å². The Morgan fingerprint density at radius 3 is 2.74 bits per heavy atom. The van der Waals surface area contributed by atoms with Crippen LogP contribution in [0.15, 0.2) is 36.7 Å². The number of hydrogen-bond donors (Lipinski definition) is 1. The molecule has 0 aliphatic rings. The Morgan fingerprint density at radius 2 is 2.05 bits per heavy atom. The van der Waals surface area contributed by atoms with Gasteiger partial charge in [-0.25, -0.2) is 4.39 Å². The molecule has 2 aromatic rings. The van der Waals surface area contributed by atoms with E-state index in [1.165, 1.54) is 6.07 Å². The second-order valence-electron chi connectivity index (χ2n) is 4.36. The number of halogens is 1. The van der Waals surface area contributed by atoms with Gasteiger partial charge in [-0.05, 0) is 37.7 Å². The molecule has 0 amide bonds. The summed E-state index contributed by atoms with van der Waals surface area (Å²) in [6, 6.07) is 7.05. The van der Waals surface area contributed by atoms with Gasteiger partial charge in [0.05, 0.1) is 13.3 Å². The van der Waals surface area contributed by atoms with Crippen molar-refractivity contribution in [3.63, 3.8) is 0 Å². The van der Waals surface area contributed by atoms with Crippen molar-refractivity contribution in [3.8, 4) is 16.9 Å². The summed E-state index contributed by atoms with van der Waals surface area (Å²) in [7, 11) is 3.44. The number of rotatable bonds is 4. The molecule has 0 bridgehead atoms. The fourth-order valence-corrected chi connectivity index (χ4v) is 1.88. The van der Waals surface area contributed by atoms with Crippen LogP contribution in [0.25, 0.3) is 11.1 Å². The third kappa shape index (κ3) is 2.90. The van der Waals surface area contributed by atoms with E-state index in [0.29, 0.717) is 16.9 Å². The van der Waals surface area contributed by atoms with E-state index in [9.17, 15) is 4.39 Å². The quantitative estimate of drug-likeness (QED) is 0.916. The molecular formula is C15H17FN2O. The van der Waals surface area contributed by atoms with Crippen molar-refractivity contribution in [1.29, 1.82) is 0 Å². The van der Waals surface area contributed by atoms with E-state index in [0.717, 1.165) is 5.56 Å². The first-order valence-corrected chi connectivity index (χ1v) is 6.12. The van der Waals surface area contributed by atoms with E-state index in [1.807, 2.05) is 20.0 Å². The van der Waals surface area contributed by atoms with Crippen LogP contribution in [0.2, 0.25) is 0 Å². The van der Waals surface area contributed by atoms with Crippen molar-refractivity contribution in [1.82, 2.24) is 10.3 Å². The first-order valence-electron chi connectivity index (χ1n) is 6.12. The normalized spacial score (nSPS) is 12.2. The Bertz CT molecular complexity index is 572. The van der Waals surface area contributed by atoms with Gasteiger partial charge in [0, 0.05) is 23.4 Å². The number of methoxy groups -OCH3 is 1. The average molecular weight is 260 g/mol. The third-order valence-electron chi connectivity index (χ3n) is 3.18. The standard InChI is InChI=1S/C15H17FN2O/c1-10(17-2)11-4-5-15(16)14(7-11)12-6-13(19-3)9-18-8-12/h4-10,17H,1-3H3. The average Bonchev–Trinajstić information content (AvgIpc) is 2.47. The smallest absolute Gasteiger partial charge is 0.137 e. The summed E-state index contributed by atoms with van der Waals surface area (Å²) in [5.74, 6) is 0.353. The van der Waals surface area contributed by atoms with Crippen LogP contribution in [0.3, 0.4) is 0 Å². The highest BCUT2D eigenvalue weighted by Gasteiger charge is 2.10. The van der Waals surface area contributed by atoms with E-state index < -0.39 is 0 Å². The zero-order valence-corrected chi connectivity index (χ0v) is 11.3. The van der Waals surface area contributed by atoms with E-state index >= 15 is 0 Å². The maximum Gasteiger partial charge on any atom is 0.137 e. The van der Waals surface area contributed by atoms with E-state index in [4.69, 9.17) is 4.74 Å². The number of ether oxygens (including phenoxy) is 1. The van der Waals surface area contributed by atoms with Gasteiger partial charge in [0.15, 0.2) is 0 Å². The minimum absolute atomic E-state index is 0.165. The lowest BCUT2D eigenvalue weighted by Gasteiger charge is -2.13. The molecule has 0 aliphatic heterocycles. The molecule has 19 heavy (non-hydrogen) atoms. The zero-order chi connectivity index (χ0) is 13.8. The minimum atomic E-state index is -0.262. The van der Waals surface area contributed by atoms with Crippen molar-refractivity contribution in [2.45, 2.75) is 13.0 Å². The Kier molecular flexibility index (Phi) is 4.12. The van der Waals surface area contributed by atoms with Crippen LogP contribution in [-0.4, -0.2) is 19.1 Å². The van der Waals surface area contributed by atoms with E-state index in [2.05, 4.69) is 10.3 Å². The third-order valence-corrected chi connectivity index (χ3v) is 3.18. The Morgan fingerprint density at radius 1 is 1.26 bits per heavy atom. The molecule has 0 spiro atoms. The predicted molar refractivity (Wildman–Crippen MR) is 73.7 cm³/mol. The van der Waals surface area contributed by atoms with E-state index in [-0.39, 0.29) is 11.9 Å². The molecule has 1 aromatic carbocycles. The largest absolute Gasteiger partial charge is 0.495 e. The lowest BCUT2D eigenvalue weighted by atomic mass is 10.0. The number of aromatic nitrogens is 1. The summed E-state index contributed by atoms with van der Waals surface area (Å²) in [5.41, 5.74) is 2.27. The molecule has 0 saturated heterocycles. The molecule has 1 heterocycles. The summed E-state index contributed by atoms with van der Waals surface area (Å²) in [6.07, 6.45) is 3.23. The first kappa shape index (κ1) is 13.5. The summed E-state index contributed by atoms with van der Waals surface area (Å²) in [5, 5.41) is 3.14. The molecule has 1 aromatic heterocycles. The summed E-state index contributed by atoms with van der Waals surface area (Å²) >= 11 is 0. The highest BCUT2D eigenvalue weighted by atomic mass is 19.1. The van der Waals surface area contributed by atoms with Crippen molar-refractivity contribution in [2.75, 3.05) is 14.2 Å². The Balaban J connectivity index is 2.48. The molecular weight excluding hydrogens is 243 g/mol. The molecule has 1 unspecified atom stereocenters. The number of nitrogens with zero attached hydrogens (tertiary/aromatic N) is 1. The molecule has 0 aliphatic carbocycles. The Labute approximate surface area is 112 Å². The van der Waals surface area contributed by atoms with Crippen LogP contribution in [0.5, 0.6) is 5.75 Å². The van der Waals surface area contributed by atoms with Crippen molar-refractivity contribution in [3.05, 3.63) is 48.0 Å². The second kappa shape index (κ2) is 5.80. The van der Waals surface area contributed by atoms with Gasteiger partial charge in [-0.2, -0.15) is 0 Å². The van der Waals surface area contributed by atoms with Crippen LogP contribution in [0, 0.1) is 5.82 Å². The number of benzene rings is 1. The van der Waals surface area contributed by atoms with Gasteiger partial charge >= 0.3 is 0 Å². The fourth-order valence-electron chi connectivity index (χ4n) is 1.88. The van der Waals surface area contributed by atoms with E-state index in [1.54, 1.807) is 31.6 Å². The first-order chi connectivity index (χ1) is 9.15. The molecule has 3 nitrogen and oxygen atoms in total. The van der Waals surface area contributed by atoms with Crippen LogP contribution in [-0.2, 0) is 0 Å². The van der Waals surface area contributed by atoms with Crippen molar-refractivity contribution >= 4 is 0 Å². The minimum Gasteiger partial charge on any atom is -0.495 e. The second-order valence-corrected chi connectivity index (χ2v) is 4.36. The molecule has 4 heteroatoms. The summed E-state index contributed by atoms with van der Waals surface area (Å²) < 4.78 is 19.1. The van der Waals surface area contributed by atoms with Crippen LogP contribution in [0.1, 0.15) is 18.5 Å². The highest BCUT2D eigenvalue weighted by molar-refractivity contribution is 5.65. The molecule has 0 fully saturated rings. The summed E-state index contributed by atoms with van der Waals surface area (Å²) in [4.78, 5) is 4.06. The van der Waals surface area contributed by atoms with Gasteiger partial charge < -0.3 is 10.1 Å². The molecule has 2 rings (SSSR count). The van der Waals surface area contributed by atoms with Crippen LogP contribution < -0.4 is 10.1 Å². The topological polar surface area (TPSA) is 34.2 Å². The maximum atomic E-state index is 14.0. The van der Waals surface area contributed by atoms with Gasteiger partial charge in [0.25, 0.3) is 0 Å². The lowest BCUT2D eigenvalue weighted by Crippen LogP contribution is -2.12. The predicted octanol–water partition coefficient (Wildman–Crippen LogP) is 3.18.